The number of benzene rings is 1. The highest BCUT2D eigenvalue weighted by molar-refractivity contribution is 9.10. The normalized spacial score (nSPS) is 24.6. The van der Waals surface area contributed by atoms with E-state index < -0.39 is 0 Å². The van der Waals surface area contributed by atoms with Crippen LogP contribution in [0.25, 0.3) is 0 Å². The van der Waals surface area contributed by atoms with Gasteiger partial charge in [0.1, 0.15) is 0 Å². The predicted molar refractivity (Wildman–Crippen MR) is 66.4 cm³/mol. The van der Waals surface area contributed by atoms with E-state index in [9.17, 15) is 4.79 Å². The van der Waals surface area contributed by atoms with Gasteiger partial charge in [0.05, 0.1) is 12.0 Å². The van der Waals surface area contributed by atoms with Gasteiger partial charge in [-0.1, -0.05) is 0 Å². The average molecular weight is 284 g/mol. The first-order valence-corrected chi connectivity index (χ1v) is 6.09. The summed E-state index contributed by atoms with van der Waals surface area (Å²) < 4.78 is 6.17. The fourth-order valence-electron chi connectivity index (χ4n) is 2.01. The maximum absolute atomic E-state index is 12.2. The molecule has 0 spiro atoms. The number of carbonyl (C=O) groups excluding carboxylic acids is 1. The van der Waals surface area contributed by atoms with Crippen LogP contribution in [-0.4, -0.2) is 18.5 Å². The molecule has 0 aliphatic carbocycles. The van der Waals surface area contributed by atoms with Gasteiger partial charge in [0.2, 0.25) is 0 Å². The fourth-order valence-corrected chi connectivity index (χ4v) is 2.60. The first-order valence-electron chi connectivity index (χ1n) is 5.30. The lowest BCUT2D eigenvalue weighted by molar-refractivity contribution is 0.0763. The third kappa shape index (κ3) is 2.13. The van der Waals surface area contributed by atoms with Crippen LogP contribution in [0.4, 0.5) is 5.69 Å². The highest BCUT2D eigenvalue weighted by Crippen LogP contribution is 2.28. The third-order valence-corrected chi connectivity index (χ3v) is 3.63. The number of nitrogens with two attached hydrogens (primary N) is 1. The van der Waals surface area contributed by atoms with Crippen LogP contribution < -0.4 is 5.73 Å². The molecular weight excluding hydrogens is 270 g/mol. The monoisotopic (exact) mass is 283 g/mol. The molecule has 1 heterocycles. The molecule has 1 aromatic carbocycles. The number of nitrogen functional groups attached to an aromatic ring is 1. The molecule has 1 aromatic rings. The molecule has 1 aliphatic rings. The molecular formula is C12H14BrNO2. The maximum Gasteiger partial charge on any atom is 0.169 e. The van der Waals surface area contributed by atoms with E-state index in [4.69, 9.17) is 10.5 Å². The fraction of sp³-hybridized carbons (Fsp3) is 0.417. The zero-order valence-corrected chi connectivity index (χ0v) is 10.7. The number of Topliss-reactive ketones (excluding diaryl/α,β-unsaturated/α-hetero) is 1. The molecule has 0 radical (unpaired) electrons. The van der Waals surface area contributed by atoms with Gasteiger partial charge in [0, 0.05) is 22.3 Å². The molecule has 2 unspecified atom stereocenters. The van der Waals surface area contributed by atoms with Crippen LogP contribution in [0.2, 0.25) is 0 Å². The number of hydrogen-bond acceptors (Lipinski definition) is 3. The summed E-state index contributed by atoms with van der Waals surface area (Å²) >= 11 is 3.37. The van der Waals surface area contributed by atoms with Crippen molar-refractivity contribution < 1.29 is 9.53 Å². The van der Waals surface area contributed by atoms with Gasteiger partial charge in [-0.15, -0.1) is 0 Å². The van der Waals surface area contributed by atoms with Crippen molar-refractivity contribution in [3.05, 3.63) is 28.2 Å². The zero-order chi connectivity index (χ0) is 11.7. The van der Waals surface area contributed by atoms with Crippen molar-refractivity contribution in [3.63, 3.8) is 0 Å². The summed E-state index contributed by atoms with van der Waals surface area (Å²) in [6, 6.07) is 5.28. The Hall–Kier alpha value is -0.870. The summed E-state index contributed by atoms with van der Waals surface area (Å²) in [5, 5.41) is 0. The van der Waals surface area contributed by atoms with E-state index in [-0.39, 0.29) is 17.8 Å². The van der Waals surface area contributed by atoms with Gasteiger partial charge in [0.15, 0.2) is 5.78 Å². The summed E-state index contributed by atoms with van der Waals surface area (Å²) in [4.78, 5) is 12.2. The number of rotatable bonds is 2. The van der Waals surface area contributed by atoms with Crippen LogP contribution in [0.15, 0.2) is 22.7 Å². The zero-order valence-electron chi connectivity index (χ0n) is 9.07. The van der Waals surface area contributed by atoms with Gasteiger partial charge < -0.3 is 10.5 Å². The summed E-state index contributed by atoms with van der Waals surface area (Å²) in [7, 11) is 0. The van der Waals surface area contributed by atoms with E-state index in [0.717, 1.165) is 10.9 Å². The van der Waals surface area contributed by atoms with Crippen molar-refractivity contribution in [2.45, 2.75) is 19.4 Å². The number of anilines is 1. The van der Waals surface area contributed by atoms with E-state index in [1.165, 1.54) is 0 Å². The van der Waals surface area contributed by atoms with Gasteiger partial charge in [-0.25, -0.2) is 0 Å². The lowest BCUT2D eigenvalue weighted by Crippen LogP contribution is -2.22. The summed E-state index contributed by atoms with van der Waals surface area (Å²) in [6.07, 6.45) is 0.813. The minimum atomic E-state index is -0.0278. The topological polar surface area (TPSA) is 52.3 Å². The van der Waals surface area contributed by atoms with Gasteiger partial charge in [-0.2, -0.15) is 0 Å². The molecule has 0 aromatic heterocycles. The molecule has 2 rings (SSSR count). The van der Waals surface area contributed by atoms with Crippen LogP contribution >= 0.6 is 15.9 Å². The van der Waals surface area contributed by atoms with E-state index >= 15 is 0 Å². The van der Waals surface area contributed by atoms with E-state index in [2.05, 4.69) is 15.9 Å². The van der Waals surface area contributed by atoms with Crippen LogP contribution in [0.5, 0.6) is 0 Å². The van der Waals surface area contributed by atoms with Crippen LogP contribution in [0.3, 0.4) is 0 Å². The molecule has 3 nitrogen and oxygen atoms in total. The van der Waals surface area contributed by atoms with E-state index in [0.29, 0.717) is 17.9 Å². The van der Waals surface area contributed by atoms with Crippen molar-refractivity contribution in [2.75, 3.05) is 12.3 Å². The van der Waals surface area contributed by atoms with Gasteiger partial charge in [0.25, 0.3) is 0 Å². The van der Waals surface area contributed by atoms with Crippen molar-refractivity contribution in [1.82, 2.24) is 0 Å². The Morgan fingerprint density at radius 2 is 2.31 bits per heavy atom. The smallest absolute Gasteiger partial charge is 0.169 e. The number of hydrogen-bond donors (Lipinski definition) is 1. The Balaban J connectivity index is 2.27. The molecule has 1 saturated heterocycles. The molecule has 0 saturated carbocycles. The lowest BCUT2D eigenvalue weighted by atomic mass is 9.92. The molecule has 4 heteroatoms. The average Bonchev–Trinajstić information content (AvgIpc) is 2.63. The van der Waals surface area contributed by atoms with Crippen molar-refractivity contribution in [1.29, 1.82) is 0 Å². The standard InChI is InChI=1S/C12H14BrNO2/c1-7-9(4-5-16-7)12(15)10-3-2-8(14)6-11(10)13/h2-3,6-7,9H,4-5,14H2,1H3. The molecule has 1 aliphatic heterocycles. The maximum atomic E-state index is 12.2. The van der Waals surface area contributed by atoms with E-state index in [1.54, 1.807) is 18.2 Å². The molecule has 86 valence electrons. The Bertz CT molecular complexity index is 419. The predicted octanol–water partition coefficient (Wildman–Crippen LogP) is 2.64. The first-order chi connectivity index (χ1) is 7.59. The summed E-state index contributed by atoms with van der Waals surface area (Å²) in [5.74, 6) is 0.108. The Kier molecular flexibility index (Phi) is 3.30. The highest BCUT2D eigenvalue weighted by Gasteiger charge is 2.32. The minimum absolute atomic E-state index is 0.0111. The third-order valence-electron chi connectivity index (χ3n) is 2.97. The van der Waals surface area contributed by atoms with Crippen LogP contribution in [-0.2, 0) is 4.74 Å². The van der Waals surface area contributed by atoms with Gasteiger partial charge >= 0.3 is 0 Å². The Morgan fingerprint density at radius 1 is 1.56 bits per heavy atom. The lowest BCUT2D eigenvalue weighted by Gasteiger charge is -2.13. The quantitative estimate of drug-likeness (QED) is 0.671. The SMILES string of the molecule is CC1OCCC1C(=O)c1ccc(N)cc1Br. The highest BCUT2D eigenvalue weighted by atomic mass is 79.9. The Morgan fingerprint density at radius 3 is 2.88 bits per heavy atom. The Labute approximate surface area is 103 Å². The van der Waals surface area contributed by atoms with Gasteiger partial charge in [-0.3, -0.25) is 4.79 Å². The molecule has 0 amide bonds. The van der Waals surface area contributed by atoms with Crippen LogP contribution in [0, 0.1) is 5.92 Å². The second kappa shape index (κ2) is 4.55. The molecule has 1 fully saturated rings. The van der Waals surface area contributed by atoms with E-state index in [1.807, 2.05) is 6.92 Å². The number of carbonyl (C=O) groups is 1. The van der Waals surface area contributed by atoms with Crippen molar-refractivity contribution >= 4 is 27.4 Å². The first kappa shape index (κ1) is 11.6. The minimum Gasteiger partial charge on any atom is -0.399 e. The number of halogens is 1. The second-order valence-corrected chi connectivity index (χ2v) is 4.93. The number of ether oxygens (including phenoxy) is 1. The molecule has 16 heavy (non-hydrogen) atoms. The van der Waals surface area contributed by atoms with Crippen molar-refractivity contribution in [3.8, 4) is 0 Å². The second-order valence-electron chi connectivity index (χ2n) is 4.07. The molecule has 2 N–H and O–H groups in total. The molecule has 2 atom stereocenters. The van der Waals surface area contributed by atoms with Crippen LogP contribution in [0.1, 0.15) is 23.7 Å². The number of ketones is 1. The summed E-state index contributed by atoms with van der Waals surface area (Å²) in [6.45, 7) is 2.62. The van der Waals surface area contributed by atoms with Gasteiger partial charge in [-0.05, 0) is 47.5 Å². The molecule has 0 bridgehead atoms. The largest absolute Gasteiger partial charge is 0.399 e. The summed E-state index contributed by atoms with van der Waals surface area (Å²) in [5.41, 5.74) is 6.99. The van der Waals surface area contributed by atoms with Crippen molar-refractivity contribution in [2.24, 2.45) is 5.92 Å².